The van der Waals surface area contributed by atoms with E-state index in [2.05, 4.69) is 9.97 Å². The lowest BCUT2D eigenvalue weighted by molar-refractivity contribution is 0.191. The van der Waals surface area contributed by atoms with Crippen molar-refractivity contribution in [2.45, 2.75) is 26.3 Å². The van der Waals surface area contributed by atoms with Gasteiger partial charge in [-0.05, 0) is 31.4 Å². The zero-order valence-corrected chi connectivity index (χ0v) is 10.3. The number of hydrogen-bond acceptors (Lipinski definition) is 4. The standard InChI is InChI=1S/C12H18N4O/c1-9-7-10-11(14-8-9)16(12(13)15-10)5-3-4-6-17-2/h7-8H,3-6H2,1-2H3,(H2,13,15). The second kappa shape index (κ2) is 5.14. The summed E-state index contributed by atoms with van der Waals surface area (Å²) < 4.78 is 6.99. The first-order valence-electron chi connectivity index (χ1n) is 5.79. The van der Waals surface area contributed by atoms with E-state index in [-0.39, 0.29) is 0 Å². The van der Waals surface area contributed by atoms with Gasteiger partial charge in [0.1, 0.15) is 5.52 Å². The maximum atomic E-state index is 5.90. The SMILES string of the molecule is COCCCCn1c(N)nc2cc(C)cnc21. The predicted molar refractivity (Wildman–Crippen MR) is 67.8 cm³/mol. The number of anilines is 1. The number of aromatic nitrogens is 3. The Balaban J connectivity index is 2.18. The maximum Gasteiger partial charge on any atom is 0.202 e. The van der Waals surface area contributed by atoms with Crippen LogP contribution in [0.2, 0.25) is 0 Å². The van der Waals surface area contributed by atoms with Gasteiger partial charge in [-0.25, -0.2) is 9.97 Å². The summed E-state index contributed by atoms with van der Waals surface area (Å²) in [6, 6.07) is 2.00. The maximum absolute atomic E-state index is 5.90. The fraction of sp³-hybridized carbons (Fsp3) is 0.500. The van der Waals surface area contributed by atoms with Gasteiger partial charge >= 0.3 is 0 Å². The number of rotatable bonds is 5. The molecule has 0 spiro atoms. The minimum absolute atomic E-state index is 0.538. The smallest absolute Gasteiger partial charge is 0.202 e. The Morgan fingerprint density at radius 2 is 2.24 bits per heavy atom. The molecule has 0 bridgehead atoms. The Morgan fingerprint density at radius 3 is 3.00 bits per heavy atom. The van der Waals surface area contributed by atoms with Crippen molar-refractivity contribution in [3.05, 3.63) is 17.8 Å². The molecule has 0 unspecified atom stereocenters. The van der Waals surface area contributed by atoms with Gasteiger partial charge in [-0.1, -0.05) is 0 Å². The molecular weight excluding hydrogens is 216 g/mol. The van der Waals surface area contributed by atoms with Crippen LogP contribution in [-0.4, -0.2) is 28.3 Å². The average Bonchev–Trinajstić information content (AvgIpc) is 2.60. The Morgan fingerprint density at radius 1 is 1.41 bits per heavy atom. The molecule has 92 valence electrons. The van der Waals surface area contributed by atoms with Crippen LogP contribution in [0.15, 0.2) is 12.3 Å². The third-order valence-electron chi connectivity index (χ3n) is 2.73. The van der Waals surface area contributed by atoms with Crippen molar-refractivity contribution in [2.24, 2.45) is 0 Å². The van der Waals surface area contributed by atoms with Crippen LogP contribution < -0.4 is 5.73 Å². The van der Waals surface area contributed by atoms with Gasteiger partial charge in [0, 0.05) is 26.5 Å². The molecule has 0 saturated heterocycles. The third kappa shape index (κ3) is 2.55. The van der Waals surface area contributed by atoms with E-state index < -0.39 is 0 Å². The lowest BCUT2D eigenvalue weighted by Gasteiger charge is -2.05. The van der Waals surface area contributed by atoms with Crippen LogP contribution in [0.5, 0.6) is 0 Å². The van der Waals surface area contributed by atoms with Crippen molar-refractivity contribution in [1.29, 1.82) is 0 Å². The molecule has 2 aromatic heterocycles. The molecule has 0 fully saturated rings. The summed E-state index contributed by atoms with van der Waals surface area (Å²) in [7, 11) is 1.71. The first-order valence-corrected chi connectivity index (χ1v) is 5.79. The molecule has 2 aromatic rings. The molecule has 2 N–H and O–H groups in total. The van der Waals surface area contributed by atoms with Crippen LogP contribution in [0, 0.1) is 6.92 Å². The number of ether oxygens (including phenoxy) is 1. The first kappa shape index (κ1) is 11.9. The number of aryl methyl sites for hydroxylation is 2. The number of unbranched alkanes of at least 4 members (excludes halogenated alkanes) is 1. The van der Waals surface area contributed by atoms with Crippen molar-refractivity contribution in [1.82, 2.24) is 14.5 Å². The number of pyridine rings is 1. The molecular formula is C12H18N4O. The quantitative estimate of drug-likeness (QED) is 0.800. The summed E-state index contributed by atoms with van der Waals surface area (Å²) in [5, 5.41) is 0. The van der Waals surface area contributed by atoms with Crippen molar-refractivity contribution < 1.29 is 4.74 Å². The van der Waals surface area contributed by atoms with Crippen molar-refractivity contribution in [3.8, 4) is 0 Å². The van der Waals surface area contributed by atoms with E-state index in [0.29, 0.717) is 5.95 Å². The highest BCUT2D eigenvalue weighted by Gasteiger charge is 2.08. The average molecular weight is 234 g/mol. The van der Waals surface area contributed by atoms with E-state index in [1.165, 1.54) is 0 Å². The van der Waals surface area contributed by atoms with Crippen LogP contribution in [0.1, 0.15) is 18.4 Å². The van der Waals surface area contributed by atoms with Crippen LogP contribution in [-0.2, 0) is 11.3 Å². The van der Waals surface area contributed by atoms with Crippen LogP contribution in [0.25, 0.3) is 11.2 Å². The van der Waals surface area contributed by atoms with Gasteiger partial charge in [0.05, 0.1) is 0 Å². The lowest BCUT2D eigenvalue weighted by Crippen LogP contribution is -2.05. The highest BCUT2D eigenvalue weighted by atomic mass is 16.5. The molecule has 2 heterocycles. The van der Waals surface area contributed by atoms with Gasteiger partial charge in [-0.2, -0.15) is 0 Å². The van der Waals surface area contributed by atoms with Gasteiger partial charge in [0.15, 0.2) is 5.65 Å². The van der Waals surface area contributed by atoms with Crippen LogP contribution in [0.4, 0.5) is 5.95 Å². The van der Waals surface area contributed by atoms with Crippen molar-refractivity contribution >= 4 is 17.1 Å². The van der Waals surface area contributed by atoms with E-state index in [1.54, 1.807) is 7.11 Å². The minimum atomic E-state index is 0.538. The van der Waals surface area contributed by atoms with E-state index in [4.69, 9.17) is 10.5 Å². The van der Waals surface area contributed by atoms with Gasteiger partial charge in [0.2, 0.25) is 5.95 Å². The summed E-state index contributed by atoms with van der Waals surface area (Å²) in [6.45, 7) is 3.61. The molecule has 5 heteroatoms. The molecule has 0 amide bonds. The zero-order chi connectivity index (χ0) is 12.3. The van der Waals surface area contributed by atoms with Gasteiger partial charge in [-0.3, -0.25) is 4.57 Å². The molecule has 0 aliphatic heterocycles. The van der Waals surface area contributed by atoms with E-state index >= 15 is 0 Å². The summed E-state index contributed by atoms with van der Waals surface area (Å²) in [4.78, 5) is 8.71. The number of nitrogens with zero attached hydrogens (tertiary/aromatic N) is 3. The molecule has 0 atom stereocenters. The fourth-order valence-corrected chi connectivity index (χ4v) is 1.87. The molecule has 5 nitrogen and oxygen atoms in total. The molecule has 0 radical (unpaired) electrons. The number of nitrogen functional groups attached to an aromatic ring is 1. The topological polar surface area (TPSA) is 66.0 Å². The summed E-state index contributed by atoms with van der Waals surface area (Å²) in [5.74, 6) is 0.538. The monoisotopic (exact) mass is 234 g/mol. The Hall–Kier alpha value is -1.62. The van der Waals surface area contributed by atoms with E-state index in [1.807, 2.05) is 23.8 Å². The summed E-state index contributed by atoms with van der Waals surface area (Å²) >= 11 is 0. The molecule has 2 rings (SSSR count). The Labute approximate surface area is 101 Å². The van der Waals surface area contributed by atoms with Gasteiger partial charge in [-0.15, -0.1) is 0 Å². The molecule has 0 aromatic carbocycles. The van der Waals surface area contributed by atoms with Gasteiger partial charge in [0.25, 0.3) is 0 Å². The molecule has 0 saturated carbocycles. The van der Waals surface area contributed by atoms with Crippen molar-refractivity contribution in [3.63, 3.8) is 0 Å². The minimum Gasteiger partial charge on any atom is -0.385 e. The predicted octanol–water partition coefficient (Wildman–Crippen LogP) is 1.75. The largest absolute Gasteiger partial charge is 0.385 e. The van der Waals surface area contributed by atoms with Crippen molar-refractivity contribution in [2.75, 3.05) is 19.5 Å². The number of methoxy groups -OCH3 is 1. The normalized spacial score (nSPS) is 11.2. The lowest BCUT2D eigenvalue weighted by atomic mass is 10.3. The molecule has 0 aliphatic carbocycles. The first-order chi connectivity index (χ1) is 8.22. The number of hydrogen-bond donors (Lipinski definition) is 1. The number of nitrogens with two attached hydrogens (primary N) is 1. The Kier molecular flexibility index (Phi) is 3.58. The van der Waals surface area contributed by atoms with Crippen LogP contribution >= 0.6 is 0 Å². The molecule has 17 heavy (non-hydrogen) atoms. The second-order valence-corrected chi connectivity index (χ2v) is 4.18. The highest BCUT2D eigenvalue weighted by Crippen LogP contribution is 2.17. The van der Waals surface area contributed by atoms with Crippen LogP contribution in [0.3, 0.4) is 0 Å². The zero-order valence-electron chi connectivity index (χ0n) is 10.3. The summed E-state index contributed by atoms with van der Waals surface area (Å²) in [6.07, 6.45) is 3.87. The van der Waals surface area contributed by atoms with E-state index in [0.717, 1.165) is 42.7 Å². The molecule has 0 aliphatic rings. The number of fused-ring (bicyclic) bond motifs is 1. The van der Waals surface area contributed by atoms with Gasteiger partial charge < -0.3 is 10.5 Å². The fourth-order valence-electron chi connectivity index (χ4n) is 1.87. The second-order valence-electron chi connectivity index (χ2n) is 4.18. The summed E-state index contributed by atoms with van der Waals surface area (Å²) in [5.41, 5.74) is 8.73. The number of imidazole rings is 1. The highest BCUT2D eigenvalue weighted by molar-refractivity contribution is 5.74. The third-order valence-corrected chi connectivity index (χ3v) is 2.73. The van der Waals surface area contributed by atoms with E-state index in [9.17, 15) is 0 Å². The Bertz CT molecular complexity index is 506.